The molecule has 0 unspecified atom stereocenters. The number of aromatic hydroxyl groups is 1. The normalized spacial score (nSPS) is 11.5. The summed E-state index contributed by atoms with van der Waals surface area (Å²) in [5, 5.41) is 10.2. The predicted molar refractivity (Wildman–Crippen MR) is 76.3 cm³/mol. The van der Waals surface area contributed by atoms with E-state index < -0.39 is 11.7 Å². The molecular weight excluding hydrogens is 299 g/mol. The maximum absolute atomic E-state index is 12.8. The molecule has 0 fully saturated rings. The van der Waals surface area contributed by atoms with Crippen LogP contribution >= 0.6 is 0 Å². The van der Waals surface area contributed by atoms with Crippen molar-refractivity contribution in [3.05, 3.63) is 29.8 Å². The molecule has 0 saturated carbocycles. The highest BCUT2D eigenvalue weighted by atomic mass is 19.4. The number of hydrogen-bond donors (Lipinski definition) is 1. The van der Waals surface area contributed by atoms with Crippen molar-refractivity contribution in [1.29, 1.82) is 0 Å². The summed E-state index contributed by atoms with van der Waals surface area (Å²) in [4.78, 5) is 1.55. The Morgan fingerprint density at radius 3 is 2.50 bits per heavy atom. The summed E-state index contributed by atoms with van der Waals surface area (Å²) in [5.74, 6) is -0.205. The average Bonchev–Trinajstić information content (AvgIpc) is 2.76. The van der Waals surface area contributed by atoms with Crippen LogP contribution in [0.5, 0.6) is 11.7 Å². The third-order valence-electron chi connectivity index (χ3n) is 2.99. The van der Waals surface area contributed by atoms with Gasteiger partial charge in [0.05, 0.1) is 17.7 Å². The molecule has 0 saturated heterocycles. The van der Waals surface area contributed by atoms with Gasteiger partial charge in [0.25, 0.3) is 0 Å². The number of ether oxygens (including phenoxy) is 1. The summed E-state index contributed by atoms with van der Waals surface area (Å²) < 4.78 is 49.1. The van der Waals surface area contributed by atoms with E-state index in [1.165, 1.54) is 12.1 Å². The lowest BCUT2D eigenvalue weighted by molar-refractivity contribution is -0.137. The quantitative estimate of drug-likeness (QED) is 0.921. The van der Waals surface area contributed by atoms with E-state index >= 15 is 0 Å². The highest BCUT2D eigenvalue weighted by molar-refractivity contribution is 5.83. The summed E-state index contributed by atoms with van der Waals surface area (Å²) in [6.07, 6.45) is -4.46. The Balaban J connectivity index is 2.61. The zero-order chi connectivity index (χ0) is 16.5. The molecule has 1 aromatic heterocycles. The lowest BCUT2D eigenvalue weighted by atomic mass is 10.0. The van der Waals surface area contributed by atoms with Gasteiger partial charge in [-0.3, -0.25) is 0 Å². The second kappa shape index (κ2) is 5.82. The summed E-state index contributed by atoms with van der Waals surface area (Å²) in [6.45, 7) is 1.97. The van der Waals surface area contributed by atoms with Gasteiger partial charge in [-0.15, -0.1) is 0 Å². The van der Waals surface area contributed by atoms with Crippen molar-refractivity contribution in [2.75, 3.05) is 25.6 Å². The largest absolute Gasteiger partial charge is 0.501 e. The smallest absolute Gasteiger partial charge is 0.416 e. The van der Waals surface area contributed by atoms with E-state index in [4.69, 9.17) is 9.15 Å². The number of nitrogens with zero attached hydrogens (tertiary/aromatic N) is 1. The fraction of sp³-hybridized carbons (Fsp3) is 0.333. The Morgan fingerprint density at radius 1 is 1.27 bits per heavy atom. The molecule has 0 spiro atoms. The monoisotopic (exact) mass is 315 g/mol. The number of alkyl halides is 3. The van der Waals surface area contributed by atoms with E-state index in [0.29, 0.717) is 0 Å². The molecule has 1 N–H and O–H groups in total. The lowest BCUT2D eigenvalue weighted by Crippen LogP contribution is -2.09. The summed E-state index contributed by atoms with van der Waals surface area (Å²) in [7, 11) is 3.32. The maximum Gasteiger partial charge on any atom is 0.416 e. The molecule has 4 nitrogen and oxygen atoms in total. The van der Waals surface area contributed by atoms with Crippen molar-refractivity contribution in [3.8, 4) is 22.8 Å². The molecule has 0 radical (unpaired) electrons. The van der Waals surface area contributed by atoms with E-state index in [9.17, 15) is 18.3 Å². The third-order valence-corrected chi connectivity index (χ3v) is 2.99. The van der Waals surface area contributed by atoms with Gasteiger partial charge in [-0.25, -0.2) is 0 Å². The van der Waals surface area contributed by atoms with E-state index in [2.05, 4.69) is 0 Å². The van der Waals surface area contributed by atoms with Crippen LogP contribution in [0.1, 0.15) is 12.5 Å². The molecule has 0 atom stereocenters. The van der Waals surface area contributed by atoms with Crippen molar-refractivity contribution < 1.29 is 27.4 Å². The molecule has 2 aromatic rings. The molecule has 120 valence electrons. The van der Waals surface area contributed by atoms with E-state index in [1.54, 1.807) is 25.9 Å². The summed E-state index contributed by atoms with van der Waals surface area (Å²) in [5.41, 5.74) is -0.432. The molecule has 7 heteroatoms. The standard InChI is InChI=1S/C15H16F3NO3/c1-4-21-14-12(20)11(13(22-14)19(2)3)9-6-5-7-10(8-9)15(16,17)18/h5-8,20H,4H2,1-3H3. The van der Waals surface area contributed by atoms with Gasteiger partial charge in [-0.1, -0.05) is 12.1 Å². The van der Waals surface area contributed by atoms with Crippen LogP contribution < -0.4 is 9.64 Å². The Kier molecular flexibility index (Phi) is 4.25. The SMILES string of the molecule is CCOc1oc(N(C)C)c(-c2cccc(C(F)(F)F)c2)c1O. The van der Waals surface area contributed by atoms with Gasteiger partial charge in [0.15, 0.2) is 0 Å². The van der Waals surface area contributed by atoms with Gasteiger partial charge in [0.1, 0.15) is 0 Å². The van der Waals surface area contributed by atoms with Gasteiger partial charge in [0.2, 0.25) is 11.6 Å². The molecule has 0 amide bonds. The lowest BCUT2D eigenvalue weighted by Gasteiger charge is -2.12. The molecule has 22 heavy (non-hydrogen) atoms. The molecule has 0 aliphatic rings. The van der Waals surface area contributed by atoms with Crippen LogP contribution in [0, 0.1) is 0 Å². The van der Waals surface area contributed by atoms with Crippen molar-refractivity contribution in [2.24, 2.45) is 0 Å². The zero-order valence-electron chi connectivity index (χ0n) is 12.4. The van der Waals surface area contributed by atoms with E-state index in [1.807, 2.05) is 0 Å². The first-order valence-electron chi connectivity index (χ1n) is 6.59. The first kappa shape index (κ1) is 16.1. The summed E-state index contributed by atoms with van der Waals surface area (Å²) in [6, 6.07) is 4.69. The number of furan rings is 1. The number of hydrogen-bond acceptors (Lipinski definition) is 4. The minimum atomic E-state index is -4.46. The van der Waals surface area contributed by atoms with Crippen LogP contribution in [0.25, 0.3) is 11.1 Å². The van der Waals surface area contributed by atoms with Crippen LogP contribution in [-0.2, 0) is 6.18 Å². The molecule has 0 aliphatic carbocycles. The third kappa shape index (κ3) is 2.98. The van der Waals surface area contributed by atoms with Crippen LogP contribution in [0.2, 0.25) is 0 Å². The summed E-state index contributed by atoms with van der Waals surface area (Å²) >= 11 is 0. The first-order valence-corrected chi connectivity index (χ1v) is 6.59. The van der Waals surface area contributed by atoms with Crippen molar-refractivity contribution >= 4 is 5.88 Å². The second-order valence-electron chi connectivity index (χ2n) is 4.82. The number of anilines is 1. The van der Waals surface area contributed by atoms with Crippen molar-refractivity contribution in [3.63, 3.8) is 0 Å². The molecule has 0 aliphatic heterocycles. The predicted octanol–water partition coefficient (Wildman–Crippen LogP) is 4.14. The van der Waals surface area contributed by atoms with Gasteiger partial charge in [0, 0.05) is 14.1 Å². The van der Waals surface area contributed by atoms with Crippen molar-refractivity contribution in [2.45, 2.75) is 13.1 Å². The van der Waals surface area contributed by atoms with Gasteiger partial charge >= 0.3 is 12.1 Å². The zero-order valence-corrected chi connectivity index (χ0v) is 12.4. The highest BCUT2D eigenvalue weighted by Crippen LogP contribution is 2.47. The van der Waals surface area contributed by atoms with Gasteiger partial charge in [-0.05, 0) is 24.6 Å². The number of halogens is 3. The Hall–Kier alpha value is -2.31. The second-order valence-corrected chi connectivity index (χ2v) is 4.82. The van der Waals surface area contributed by atoms with Gasteiger partial charge in [-0.2, -0.15) is 13.2 Å². The topological polar surface area (TPSA) is 45.8 Å². The minimum absolute atomic E-state index is 0.112. The Labute approximate surface area is 125 Å². The minimum Gasteiger partial charge on any atom is -0.501 e. The fourth-order valence-corrected chi connectivity index (χ4v) is 2.05. The highest BCUT2D eigenvalue weighted by Gasteiger charge is 2.32. The number of rotatable bonds is 4. The van der Waals surface area contributed by atoms with Crippen LogP contribution in [0.3, 0.4) is 0 Å². The van der Waals surface area contributed by atoms with E-state index in [-0.39, 0.29) is 35.3 Å². The maximum atomic E-state index is 12.8. The van der Waals surface area contributed by atoms with Gasteiger partial charge < -0.3 is 19.2 Å². The Bertz CT molecular complexity index is 663. The molecule has 1 aromatic carbocycles. The van der Waals surface area contributed by atoms with Crippen molar-refractivity contribution in [1.82, 2.24) is 0 Å². The fourth-order valence-electron chi connectivity index (χ4n) is 2.05. The first-order chi connectivity index (χ1) is 10.3. The molecular formula is C15H16F3NO3. The van der Waals surface area contributed by atoms with E-state index in [0.717, 1.165) is 12.1 Å². The average molecular weight is 315 g/mol. The molecule has 0 bridgehead atoms. The molecule has 1 heterocycles. The van der Waals surface area contributed by atoms with Crippen LogP contribution in [0.4, 0.5) is 19.1 Å². The number of benzene rings is 1. The van der Waals surface area contributed by atoms with Crippen LogP contribution in [0.15, 0.2) is 28.7 Å². The molecule has 2 rings (SSSR count). The Morgan fingerprint density at radius 2 is 1.95 bits per heavy atom. The van der Waals surface area contributed by atoms with Crippen LogP contribution in [-0.4, -0.2) is 25.8 Å².